The van der Waals surface area contributed by atoms with Gasteiger partial charge in [0.1, 0.15) is 0 Å². The number of rotatable bonds is 2. The molecule has 0 aliphatic carbocycles. The lowest BCUT2D eigenvalue weighted by Crippen LogP contribution is -2.40. The van der Waals surface area contributed by atoms with Crippen LogP contribution in [0, 0.1) is 12.3 Å². The summed E-state index contributed by atoms with van der Waals surface area (Å²) in [6.45, 7) is 2.66. The van der Waals surface area contributed by atoms with Gasteiger partial charge in [-0.15, -0.1) is 0 Å². The van der Waals surface area contributed by atoms with Crippen molar-refractivity contribution >= 4 is 5.96 Å². The third-order valence-electron chi connectivity index (χ3n) is 1.73. The van der Waals surface area contributed by atoms with Crippen molar-refractivity contribution in [3.63, 3.8) is 0 Å². The average molecular weight is 178 g/mol. The summed E-state index contributed by atoms with van der Waals surface area (Å²) in [5.41, 5.74) is 4.58. The maximum atomic E-state index is 7.18. The van der Waals surface area contributed by atoms with Gasteiger partial charge in [0.15, 0.2) is 0 Å². The van der Waals surface area contributed by atoms with Crippen LogP contribution < -0.4 is 16.6 Å². The van der Waals surface area contributed by atoms with Crippen molar-refractivity contribution in [1.29, 1.82) is 5.41 Å². The first-order valence-corrected chi connectivity index (χ1v) is 4.07. The molecule has 4 heteroatoms. The van der Waals surface area contributed by atoms with E-state index in [1.165, 1.54) is 5.56 Å². The third-order valence-corrected chi connectivity index (χ3v) is 1.73. The van der Waals surface area contributed by atoms with E-state index < -0.39 is 0 Å². The van der Waals surface area contributed by atoms with Gasteiger partial charge in [0.2, 0.25) is 5.96 Å². The van der Waals surface area contributed by atoms with E-state index in [0.717, 1.165) is 5.56 Å². The summed E-state index contributed by atoms with van der Waals surface area (Å²) in [6.07, 6.45) is 0. The van der Waals surface area contributed by atoms with Gasteiger partial charge in [0.05, 0.1) is 0 Å². The van der Waals surface area contributed by atoms with Crippen LogP contribution in [0.3, 0.4) is 0 Å². The van der Waals surface area contributed by atoms with Crippen molar-refractivity contribution in [2.24, 2.45) is 5.84 Å². The second-order valence-corrected chi connectivity index (χ2v) is 2.86. The van der Waals surface area contributed by atoms with E-state index in [-0.39, 0.29) is 5.96 Å². The highest BCUT2D eigenvalue weighted by atomic mass is 15.3. The van der Waals surface area contributed by atoms with E-state index in [0.29, 0.717) is 6.54 Å². The van der Waals surface area contributed by atoms with E-state index in [4.69, 9.17) is 11.3 Å². The number of hydrogen-bond donors (Lipinski definition) is 4. The van der Waals surface area contributed by atoms with E-state index in [1.807, 2.05) is 31.2 Å². The van der Waals surface area contributed by atoms with Crippen LogP contribution in [-0.4, -0.2) is 5.96 Å². The van der Waals surface area contributed by atoms with Crippen LogP contribution in [0.2, 0.25) is 0 Å². The molecule has 0 atom stereocenters. The van der Waals surface area contributed by atoms with Gasteiger partial charge in [-0.3, -0.25) is 10.8 Å². The molecule has 0 radical (unpaired) electrons. The Hall–Kier alpha value is -1.55. The highest BCUT2D eigenvalue weighted by molar-refractivity contribution is 5.75. The van der Waals surface area contributed by atoms with Crippen LogP contribution in [0.25, 0.3) is 0 Å². The van der Waals surface area contributed by atoms with Gasteiger partial charge in [-0.2, -0.15) is 0 Å². The Morgan fingerprint density at radius 3 is 2.54 bits per heavy atom. The standard InChI is InChI=1S/C9H14N4/c1-7-2-4-8(5-3-7)6-12-9(10)13-11/h2-5H,6,11H2,1H3,(H3,10,12,13). The fraction of sp³-hybridized carbons (Fsp3) is 0.222. The molecule has 1 rings (SSSR count). The molecule has 0 aliphatic rings. The Morgan fingerprint density at radius 1 is 1.38 bits per heavy atom. The molecule has 0 saturated heterocycles. The quantitative estimate of drug-likeness (QED) is 0.230. The second-order valence-electron chi connectivity index (χ2n) is 2.86. The zero-order valence-electron chi connectivity index (χ0n) is 7.59. The number of hydrazine groups is 1. The summed E-state index contributed by atoms with van der Waals surface area (Å²) in [6, 6.07) is 8.12. The molecule has 0 saturated carbocycles. The van der Waals surface area contributed by atoms with Gasteiger partial charge in [0.25, 0.3) is 0 Å². The van der Waals surface area contributed by atoms with Crippen molar-refractivity contribution in [1.82, 2.24) is 10.7 Å². The largest absolute Gasteiger partial charge is 0.351 e. The van der Waals surface area contributed by atoms with Crippen molar-refractivity contribution in [3.8, 4) is 0 Å². The Labute approximate surface area is 77.6 Å². The molecule has 0 spiro atoms. The summed E-state index contributed by atoms with van der Waals surface area (Å²) in [5.74, 6) is 5.15. The van der Waals surface area contributed by atoms with E-state index in [2.05, 4.69) is 10.7 Å². The zero-order valence-corrected chi connectivity index (χ0v) is 7.59. The molecule has 0 amide bonds. The number of nitrogens with two attached hydrogens (primary N) is 1. The number of benzene rings is 1. The van der Waals surface area contributed by atoms with Gasteiger partial charge in [-0.1, -0.05) is 29.8 Å². The molecule has 0 aliphatic heterocycles. The van der Waals surface area contributed by atoms with Gasteiger partial charge in [-0.25, -0.2) is 5.84 Å². The maximum Gasteiger partial charge on any atom is 0.203 e. The van der Waals surface area contributed by atoms with Crippen LogP contribution in [0.1, 0.15) is 11.1 Å². The summed E-state index contributed by atoms with van der Waals surface area (Å²) >= 11 is 0. The highest BCUT2D eigenvalue weighted by Crippen LogP contribution is 2.01. The Balaban J connectivity index is 2.46. The van der Waals surface area contributed by atoms with Gasteiger partial charge in [-0.05, 0) is 12.5 Å². The topological polar surface area (TPSA) is 73.9 Å². The first-order valence-electron chi connectivity index (χ1n) is 4.07. The zero-order chi connectivity index (χ0) is 9.68. The van der Waals surface area contributed by atoms with Crippen molar-refractivity contribution in [2.45, 2.75) is 13.5 Å². The minimum absolute atomic E-state index is 0.126. The normalized spacial score (nSPS) is 9.38. The van der Waals surface area contributed by atoms with E-state index in [1.54, 1.807) is 0 Å². The molecule has 0 aromatic heterocycles. The van der Waals surface area contributed by atoms with Crippen LogP contribution >= 0.6 is 0 Å². The molecule has 70 valence electrons. The minimum Gasteiger partial charge on any atom is -0.351 e. The predicted octanol–water partition coefficient (Wildman–Crippen LogP) is 0.483. The molecule has 5 N–H and O–H groups in total. The fourth-order valence-electron chi connectivity index (χ4n) is 0.947. The lowest BCUT2D eigenvalue weighted by molar-refractivity contribution is 0.834. The van der Waals surface area contributed by atoms with E-state index in [9.17, 15) is 0 Å². The first kappa shape index (κ1) is 9.54. The lowest BCUT2D eigenvalue weighted by Gasteiger charge is -2.06. The summed E-state index contributed by atoms with van der Waals surface area (Å²) in [5, 5.41) is 10.00. The van der Waals surface area contributed by atoms with Crippen molar-refractivity contribution in [3.05, 3.63) is 35.4 Å². The SMILES string of the molecule is Cc1ccc(CNC(=N)NN)cc1. The molecule has 0 bridgehead atoms. The molecule has 1 aromatic carbocycles. The third kappa shape index (κ3) is 3.13. The van der Waals surface area contributed by atoms with Gasteiger partial charge >= 0.3 is 0 Å². The molecule has 0 fully saturated rings. The Morgan fingerprint density at radius 2 is 2.00 bits per heavy atom. The minimum atomic E-state index is 0.126. The smallest absolute Gasteiger partial charge is 0.203 e. The first-order chi connectivity index (χ1) is 6.22. The predicted molar refractivity (Wildman–Crippen MR) is 53.1 cm³/mol. The van der Waals surface area contributed by atoms with Gasteiger partial charge in [0, 0.05) is 6.54 Å². The monoisotopic (exact) mass is 178 g/mol. The fourth-order valence-corrected chi connectivity index (χ4v) is 0.947. The van der Waals surface area contributed by atoms with E-state index >= 15 is 0 Å². The molecule has 13 heavy (non-hydrogen) atoms. The molecule has 0 unspecified atom stereocenters. The maximum absolute atomic E-state index is 7.18. The van der Waals surface area contributed by atoms with Crippen molar-refractivity contribution < 1.29 is 0 Å². The second kappa shape index (κ2) is 4.47. The number of guanidine groups is 1. The molecule has 0 heterocycles. The molecular formula is C9H14N4. The number of aryl methyl sites for hydroxylation is 1. The average Bonchev–Trinajstić information content (AvgIpc) is 2.16. The summed E-state index contributed by atoms with van der Waals surface area (Å²) < 4.78 is 0. The number of nitrogens with one attached hydrogen (secondary N) is 3. The van der Waals surface area contributed by atoms with Crippen LogP contribution in [0.4, 0.5) is 0 Å². The summed E-state index contributed by atoms with van der Waals surface area (Å²) in [7, 11) is 0. The van der Waals surface area contributed by atoms with Crippen molar-refractivity contribution in [2.75, 3.05) is 0 Å². The summed E-state index contributed by atoms with van der Waals surface area (Å²) in [4.78, 5) is 0. The van der Waals surface area contributed by atoms with Crippen LogP contribution in [0.5, 0.6) is 0 Å². The molecule has 1 aromatic rings. The lowest BCUT2D eigenvalue weighted by atomic mass is 10.1. The Bertz CT molecular complexity index is 278. The molecule has 4 nitrogen and oxygen atoms in total. The number of hydrogen-bond acceptors (Lipinski definition) is 2. The van der Waals surface area contributed by atoms with Gasteiger partial charge < -0.3 is 5.32 Å². The Kier molecular flexibility index (Phi) is 3.28. The molecular weight excluding hydrogens is 164 g/mol. The van der Waals surface area contributed by atoms with Crippen LogP contribution in [-0.2, 0) is 6.54 Å². The highest BCUT2D eigenvalue weighted by Gasteiger charge is 1.93. The van der Waals surface area contributed by atoms with Crippen LogP contribution in [0.15, 0.2) is 24.3 Å².